The molecule has 216 valence electrons. The second kappa shape index (κ2) is 11.0. The number of nitrogens with two attached hydrogens (primary N) is 1. The molecule has 2 aromatic carbocycles. The van der Waals surface area contributed by atoms with Crippen LogP contribution in [-0.4, -0.2) is 47.5 Å². The summed E-state index contributed by atoms with van der Waals surface area (Å²) < 4.78 is 0. The van der Waals surface area contributed by atoms with E-state index in [-0.39, 0.29) is 17.4 Å². The minimum absolute atomic E-state index is 0.0322. The summed E-state index contributed by atoms with van der Waals surface area (Å²) in [6.07, 6.45) is 8.62. The summed E-state index contributed by atoms with van der Waals surface area (Å²) in [5.41, 5.74) is 11.5. The number of benzene rings is 2. The number of aliphatic imine (C=N–C) groups is 1. The number of amides is 1. The number of hydrogen-bond donors (Lipinski definition) is 4. The van der Waals surface area contributed by atoms with E-state index in [2.05, 4.69) is 63.4 Å². The second-order valence-electron chi connectivity index (χ2n) is 12.1. The van der Waals surface area contributed by atoms with Crippen LogP contribution in [0.4, 0.5) is 23.1 Å². The first-order valence-electron chi connectivity index (χ1n) is 14.4. The van der Waals surface area contributed by atoms with E-state index in [0.29, 0.717) is 24.0 Å². The van der Waals surface area contributed by atoms with Gasteiger partial charge in [-0.05, 0) is 60.2 Å². The third-order valence-electron chi connectivity index (χ3n) is 7.95. The molecule has 0 aliphatic carbocycles. The molecule has 1 saturated heterocycles. The van der Waals surface area contributed by atoms with Crippen molar-refractivity contribution in [2.75, 3.05) is 40.2 Å². The maximum Gasteiger partial charge on any atom is 0.257 e. The van der Waals surface area contributed by atoms with Crippen molar-refractivity contribution in [3.8, 4) is 0 Å². The molecule has 3 aliphatic rings. The molecule has 10 heteroatoms. The molecule has 42 heavy (non-hydrogen) atoms. The zero-order chi connectivity index (χ0) is 29.4. The SMILES string of the molecule is Cc1c(NC(=O)c2ccc(C(C)(C)C)cc2)cccc1N1C=C(Nc2ccnc(N3CC[C@@H](N)C3)n2)C2=NC=C[NH+]2C1. The molecule has 2 atom stereocenters. The van der Waals surface area contributed by atoms with Crippen molar-refractivity contribution in [3.63, 3.8) is 0 Å². The van der Waals surface area contributed by atoms with Gasteiger partial charge in [0, 0.05) is 42.8 Å². The van der Waals surface area contributed by atoms with Gasteiger partial charge in [-0.15, -0.1) is 0 Å². The predicted molar refractivity (Wildman–Crippen MR) is 168 cm³/mol. The second-order valence-corrected chi connectivity index (χ2v) is 12.1. The maximum absolute atomic E-state index is 13.2. The van der Waals surface area contributed by atoms with E-state index in [1.165, 1.54) is 5.56 Å². The Morgan fingerprint density at radius 1 is 1.12 bits per heavy atom. The molecule has 4 heterocycles. The van der Waals surface area contributed by atoms with Crippen molar-refractivity contribution in [1.82, 2.24) is 9.97 Å². The van der Waals surface area contributed by atoms with Crippen LogP contribution in [0, 0.1) is 6.92 Å². The molecule has 3 aliphatic heterocycles. The van der Waals surface area contributed by atoms with E-state index >= 15 is 0 Å². The molecule has 0 spiro atoms. The summed E-state index contributed by atoms with van der Waals surface area (Å²) in [5.74, 6) is 2.13. The highest BCUT2D eigenvalue weighted by Gasteiger charge is 2.32. The maximum atomic E-state index is 13.2. The van der Waals surface area contributed by atoms with E-state index in [9.17, 15) is 4.79 Å². The lowest BCUT2D eigenvalue weighted by molar-refractivity contribution is -0.743. The van der Waals surface area contributed by atoms with E-state index in [1.54, 1.807) is 6.20 Å². The zero-order valence-electron chi connectivity index (χ0n) is 24.6. The van der Waals surface area contributed by atoms with Gasteiger partial charge in [0.15, 0.2) is 6.67 Å². The lowest BCUT2D eigenvalue weighted by Crippen LogP contribution is -3.12. The average Bonchev–Trinajstić information content (AvgIpc) is 3.63. The Kier molecular flexibility index (Phi) is 7.26. The summed E-state index contributed by atoms with van der Waals surface area (Å²) in [6.45, 7) is 10.8. The van der Waals surface area contributed by atoms with Crippen molar-refractivity contribution >= 4 is 34.9 Å². The lowest BCUT2D eigenvalue weighted by Gasteiger charge is -2.31. The number of hydrogen-bond acceptors (Lipinski definition) is 8. The van der Waals surface area contributed by atoms with Crippen molar-refractivity contribution < 1.29 is 9.69 Å². The average molecular weight is 565 g/mol. The molecule has 3 aromatic rings. The summed E-state index contributed by atoms with van der Waals surface area (Å²) in [5, 5.41) is 6.60. The molecule has 6 rings (SSSR count). The number of amidine groups is 1. The predicted octanol–water partition coefficient (Wildman–Crippen LogP) is 3.37. The number of quaternary nitrogens is 1. The Morgan fingerprint density at radius 3 is 2.67 bits per heavy atom. The van der Waals surface area contributed by atoms with Crippen LogP contribution in [0.15, 0.2) is 84.0 Å². The quantitative estimate of drug-likeness (QED) is 0.363. The molecule has 1 fully saturated rings. The molecule has 0 bridgehead atoms. The largest absolute Gasteiger partial charge is 0.339 e. The Morgan fingerprint density at radius 2 is 1.93 bits per heavy atom. The Balaban J connectivity index is 1.24. The van der Waals surface area contributed by atoms with Gasteiger partial charge in [0.1, 0.15) is 17.7 Å². The number of nitrogens with zero attached hydrogens (tertiary/aromatic N) is 5. The molecule has 0 saturated carbocycles. The van der Waals surface area contributed by atoms with Crippen LogP contribution < -0.4 is 31.1 Å². The van der Waals surface area contributed by atoms with Crippen LogP contribution in [0.2, 0.25) is 0 Å². The number of nitrogens with one attached hydrogen (secondary N) is 3. The number of rotatable bonds is 6. The normalized spacial score (nSPS) is 19.8. The summed E-state index contributed by atoms with van der Waals surface area (Å²) in [4.78, 5) is 32.4. The fourth-order valence-electron chi connectivity index (χ4n) is 5.49. The Hall–Kier alpha value is -4.54. The summed E-state index contributed by atoms with van der Waals surface area (Å²) >= 11 is 0. The van der Waals surface area contributed by atoms with Crippen LogP contribution in [-0.2, 0) is 5.41 Å². The van der Waals surface area contributed by atoms with Crippen LogP contribution in [0.5, 0.6) is 0 Å². The molecule has 1 unspecified atom stereocenters. The fourth-order valence-corrected chi connectivity index (χ4v) is 5.49. The number of carbonyl (C=O) groups excluding carboxylic acids is 1. The molecular weight excluding hydrogens is 526 g/mol. The number of fused-ring (bicyclic) bond motifs is 1. The Bertz CT molecular complexity index is 1590. The third kappa shape index (κ3) is 5.63. The van der Waals surface area contributed by atoms with Gasteiger partial charge in [0.05, 0.1) is 11.9 Å². The topological polar surface area (TPSA) is 116 Å². The van der Waals surface area contributed by atoms with Crippen LogP contribution in [0.1, 0.15) is 48.7 Å². The standard InChI is InChI=1S/C32H37N9O/c1-21-25(37-30(42)22-8-10-23(11-9-22)32(2,3)4)6-5-7-27(21)41-19-26(29-34-15-17-40(29)20-41)36-28-12-14-35-31(38-28)39-16-13-24(33)18-39/h5-12,14-15,17,19,24H,13,16,18,20,33H2,1-4H3,(H,37,42)(H,35,36,38)/p+1/t24-/m1/s1. The van der Waals surface area contributed by atoms with Gasteiger partial charge < -0.3 is 21.3 Å². The summed E-state index contributed by atoms with van der Waals surface area (Å²) in [6, 6.07) is 15.8. The molecule has 5 N–H and O–H groups in total. The minimum Gasteiger partial charge on any atom is -0.339 e. The van der Waals surface area contributed by atoms with Crippen LogP contribution in [0.3, 0.4) is 0 Å². The fraction of sp³-hybridized carbons (Fsp3) is 0.312. The van der Waals surface area contributed by atoms with E-state index in [4.69, 9.17) is 10.7 Å². The Labute approximate surface area is 246 Å². The van der Waals surface area contributed by atoms with Crippen LogP contribution in [0.25, 0.3) is 0 Å². The zero-order valence-corrected chi connectivity index (χ0v) is 24.6. The molecule has 1 amide bonds. The van der Waals surface area contributed by atoms with Gasteiger partial charge in [0.25, 0.3) is 11.7 Å². The number of anilines is 4. The minimum atomic E-state index is -0.131. The van der Waals surface area contributed by atoms with Crippen molar-refractivity contribution in [3.05, 3.63) is 95.7 Å². The van der Waals surface area contributed by atoms with Gasteiger partial charge >= 0.3 is 0 Å². The first-order chi connectivity index (χ1) is 20.2. The number of carbonyl (C=O) groups is 1. The molecule has 10 nitrogen and oxygen atoms in total. The van der Waals surface area contributed by atoms with Crippen molar-refractivity contribution in [2.45, 2.75) is 45.6 Å². The highest BCUT2D eigenvalue weighted by atomic mass is 16.1. The first kappa shape index (κ1) is 27.6. The van der Waals surface area contributed by atoms with Gasteiger partial charge in [-0.2, -0.15) is 9.98 Å². The smallest absolute Gasteiger partial charge is 0.257 e. The molecule has 1 aromatic heterocycles. The monoisotopic (exact) mass is 564 g/mol. The van der Waals surface area contributed by atoms with E-state index in [0.717, 1.165) is 52.9 Å². The first-order valence-corrected chi connectivity index (χ1v) is 14.4. The van der Waals surface area contributed by atoms with E-state index in [1.807, 2.05) is 61.8 Å². The third-order valence-corrected chi connectivity index (χ3v) is 7.95. The molecule has 0 radical (unpaired) electrons. The highest BCUT2D eigenvalue weighted by Crippen LogP contribution is 2.29. The highest BCUT2D eigenvalue weighted by molar-refractivity contribution is 6.05. The van der Waals surface area contributed by atoms with Gasteiger partial charge in [-0.3, -0.25) is 9.69 Å². The number of aromatic nitrogens is 2. The lowest BCUT2D eigenvalue weighted by atomic mass is 9.86. The van der Waals surface area contributed by atoms with Gasteiger partial charge in [-0.25, -0.2) is 9.88 Å². The van der Waals surface area contributed by atoms with Crippen molar-refractivity contribution in [1.29, 1.82) is 0 Å². The summed E-state index contributed by atoms with van der Waals surface area (Å²) in [7, 11) is 0. The van der Waals surface area contributed by atoms with Gasteiger partial charge in [0.2, 0.25) is 5.95 Å². The van der Waals surface area contributed by atoms with Gasteiger partial charge in [-0.1, -0.05) is 39.0 Å². The van der Waals surface area contributed by atoms with Crippen LogP contribution >= 0.6 is 0 Å². The molecular formula is C32H38N9O+. The van der Waals surface area contributed by atoms with Crippen molar-refractivity contribution in [2.24, 2.45) is 10.7 Å². The van der Waals surface area contributed by atoms with E-state index < -0.39 is 0 Å².